The monoisotopic (exact) mass is 387 g/mol. The summed E-state index contributed by atoms with van der Waals surface area (Å²) in [6.07, 6.45) is 0. The Morgan fingerprint density at radius 1 is 1.11 bits per heavy atom. The highest BCUT2D eigenvalue weighted by atomic mass is 127. The molecule has 0 aliphatic carbocycles. The van der Waals surface area contributed by atoms with Crippen LogP contribution >= 0.6 is 34.2 Å². The molecule has 0 aliphatic rings. The van der Waals surface area contributed by atoms with Crippen LogP contribution in [0.4, 0.5) is 0 Å². The van der Waals surface area contributed by atoms with E-state index >= 15 is 0 Å². The van der Waals surface area contributed by atoms with E-state index in [1.165, 1.54) is 0 Å². The Kier molecular flexibility index (Phi) is 5.48. The van der Waals surface area contributed by atoms with Gasteiger partial charge in [-0.05, 0) is 53.4 Å². The van der Waals surface area contributed by atoms with Crippen LogP contribution in [0, 0.1) is 3.57 Å². The molecule has 0 spiro atoms. The van der Waals surface area contributed by atoms with Crippen molar-refractivity contribution in [2.24, 2.45) is 0 Å². The number of nitrogens with one attached hydrogen (secondary N) is 1. The van der Waals surface area contributed by atoms with Gasteiger partial charge in [0.25, 0.3) is 0 Å². The van der Waals surface area contributed by atoms with Gasteiger partial charge in [-0.3, -0.25) is 0 Å². The second-order valence-corrected chi connectivity index (χ2v) is 5.60. The molecule has 100 valence electrons. The first-order chi connectivity index (χ1) is 9.22. The zero-order valence-electron chi connectivity index (χ0n) is 10.6. The summed E-state index contributed by atoms with van der Waals surface area (Å²) in [7, 11) is 0. The van der Waals surface area contributed by atoms with Crippen molar-refractivity contribution in [1.82, 2.24) is 5.32 Å². The summed E-state index contributed by atoms with van der Waals surface area (Å²) in [5.74, 6) is 1.65. The Morgan fingerprint density at radius 2 is 1.84 bits per heavy atom. The number of hydrogen-bond acceptors (Lipinski definition) is 2. The molecule has 0 atom stereocenters. The van der Waals surface area contributed by atoms with E-state index in [9.17, 15) is 0 Å². The summed E-state index contributed by atoms with van der Waals surface area (Å²) in [5.41, 5.74) is 0.991. The molecule has 1 N–H and O–H groups in total. The molecule has 0 amide bonds. The van der Waals surface area contributed by atoms with E-state index in [0.29, 0.717) is 6.54 Å². The third-order valence-corrected chi connectivity index (χ3v) is 3.93. The first kappa shape index (κ1) is 14.6. The highest BCUT2D eigenvalue weighted by molar-refractivity contribution is 14.1. The van der Waals surface area contributed by atoms with Crippen LogP contribution in [0.25, 0.3) is 0 Å². The van der Waals surface area contributed by atoms with Gasteiger partial charge in [0.15, 0.2) is 0 Å². The molecule has 2 aromatic carbocycles. The van der Waals surface area contributed by atoms with Crippen LogP contribution in [0.2, 0.25) is 5.02 Å². The fourth-order valence-electron chi connectivity index (χ4n) is 1.70. The zero-order valence-corrected chi connectivity index (χ0v) is 13.5. The van der Waals surface area contributed by atoms with Gasteiger partial charge in [0, 0.05) is 17.1 Å². The number of halogens is 2. The standard InChI is InChI=1S/C15H15ClINO/c1-2-18-10-11-12(16)6-5-9-14(11)19-15-8-4-3-7-13(15)17/h3-9,18H,2,10H2,1H3. The van der Waals surface area contributed by atoms with Crippen LogP contribution in [-0.2, 0) is 6.54 Å². The van der Waals surface area contributed by atoms with E-state index in [-0.39, 0.29) is 0 Å². The second-order valence-electron chi connectivity index (χ2n) is 4.03. The van der Waals surface area contributed by atoms with E-state index in [2.05, 4.69) is 34.8 Å². The highest BCUT2D eigenvalue weighted by Gasteiger charge is 2.10. The molecule has 0 heterocycles. The Hall–Kier alpha value is -0.780. The molecule has 2 nitrogen and oxygen atoms in total. The fourth-order valence-corrected chi connectivity index (χ4v) is 2.43. The maximum Gasteiger partial charge on any atom is 0.140 e. The summed E-state index contributed by atoms with van der Waals surface area (Å²) >= 11 is 8.51. The lowest BCUT2D eigenvalue weighted by atomic mass is 10.2. The van der Waals surface area contributed by atoms with E-state index in [1.54, 1.807) is 0 Å². The molecular weight excluding hydrogens is 373 g/mol. The van der Waals surface area contributed by atoms with Gasteiger partial charge in [0.2, 0.25) is 0 Å². The Labute approximate surface area is 132 Å². The van der Waals surface area contributed by atoms with E-state index < -0.39 is 0 Å². The van der Waals surface area contributed by atoms with Crippen molar-refractivity contribution in [3.8, 4) is 11.5 Å². The first-order valence-electron chi connectivity index (χ1n) is 6.13. The molecule has 0 aliphatic heterocycles. The zero-order chi connectivity index (χ0) is 13.7. The van der Waals surface area contributed by atoms with Crippen LogP contribution in [0.3, 0.4) is 0 Å². The van der Waals surface area contributed by atoms with Crippen molar-refractivity contribution in [2.75, 3.05) is 6.54 Å². The quantitative estimate of drug-likeness (QED) is 0.741. The molecule has 0 fully saturated rings. The Balaban J connectivity index is 2.29. The average molecular weight is 388 g/mol. The molecule has 4 heteroatoms. The lowest BCUT2D eigenvalue weighted by Gasteiger charge is -2.13. The molecule has 0 bridgehead atoms. The van der Waals surface area contributed by atoms with Gasteiger partial charge in [0.1, 0.15) is 11.5 Å². The van der Waals surface area contributed by atoms with Crippen molar-refractivity contribution < 1.29 is 4.74 Å². The molecule has 0 saturated carbocycles. The van der Waals surface area contributed by atoms with E-state index in [4.69, 9.17) is 16.3 Å². The molecule has 0 unspecified atom stereocenters. The summed E-state index contributed by atoms with van der Waals surface area (Å²) in [6, 6.07) is 13.7. The predicted molar refractivity (Wildman–Crippen MR) is 88.1 cm³/mol. The molecule has 0 saturated heterocycles. The van der Waals surface area contributed by atoms with Gasteiger partial charge < -0.3 is 10.1 Å². The molecule has 19 heavy (non-hydrogen) atoms. The molecule has 0 aromatic heterocycles. The Morgan fingerprint density at radius 3 is 2.58 bits per heavy atom. The van der Waals surface area contributed by atoms with Crippen molar-refractivity contribution in [3.63, 3.8) is 0 Å². The van der Waals surface area contributed by atoms with Gasteiger partial charge in [-0.2, -0.15) is 0 Å². The van der Waals surface area contributed by atoms with E-state index in [1.807, 2.05) is 42.5 Å². The van der Waals surface area contributed by atoms with Gasteiger partial charge >= 0.3 is 0 Å². The van der Waals surface area contributed by atoms with Crippen LogP contribution in [0.1, 0.15) is 12.5 Å². The minimum atomic E-state index is 0.703. The third kappa shape index (κ3) is 3.84. The smallest absolute Gasteiger partial charge is 0.140 e. The lowest BCUT2D eigenvalue weighted by molar-refractivity contribution is 0.470. The summed E-state index contributed by atoms with van der Waals surface area (Å²) < 4.78 is 7.06. The van der Waals surface area contributed by atoms with Gasteiger partial charge in [-0.1, -0.05) is 36.7 Å². The minimum Gasteiger partial charge on any atom is -0.456 e. The molecule has 0 radical (unpaired) electrons. The highest BCUT2D eigenvalue weighted by Crippen LogP contribution is 2.32. The van der Waals surface area contributed by atoms with Crippen LogP contribution in [0.15, 0.2) is 42.5 Å². The predicted octanol–water partition coefficient (Wildman–Crippen LogP) is 4.85. The number of para-hydroxylation sites is 1. The van der Waals surface area contributed by atoms with Crippen molar-refractivity contribution in [1.29, 1.82) is 0 Å². The SMILES string of the molecule is CCNCc1c(Cl)cccc1Oc1ccccc1I. The minimum absolute atomic E-state index is 0.703. The number of benzene rings is 2. The van der Waals surface area contributed by atoms with Crippen molar-refractivity contribution in [2.45, 2.75) is 13.5 Å². The second kappa shape index (κ2) is 7.12. The van der Waals surface area contributed by atoms with Gasteiger partial charge in [-0.15, -0.1) is 0 Å². The van der Waals surface area contributed by atoms with Crippen LogP contribution in [-0.4, -0.2) is 6.54 Å². The lowest BCUT2D eigenvalue weighted by Crippen LogP contribution is -2.12. The van der Waals surface area contributed by atoms with Crippen molar-refractivity contribution >= 4 is 34.2 Å². The first-order valence-corrected chi connectivity index (χ1v) is 7.58. The number of ether oxygens (including phenoxy) is 1. The summed E-state index contributed by atoms with van der Waals surface area (Å²) in [4.78, 5) is 0. The number of hydrogen-bond donors (Lipinski definition) is 1. The van der Waals surface area contributed by atoms with Gasteiger partial charge in [0.05, 0.1) is 3.57 Å². The third-order valence-electron chi connectivity index (χ3n) is 2.68. The van der Waals surface area contributed by atoms with Gasteiger partial charge in [-0.25, -0.2) is 0 Å². The Bertz CT molecular complexity index is 560. The topological polar surface area (TPSA) is 21.3 Å². The summed E-state index contributed by atoms with van der Waals surface area (Å²) in [5, 5.41) is 4.01. The largest absolute Gasteiger partial charge is 0.456 e. The number of rotatable bonds is 5. The normalized spacial score (nSPS) is 10.5. The molecule has 2 aromatic rings. The molecular formula is C15H15ClINO. The van der Waals surface area contributed by atoms with Crippen LogP contribution in [0.5, 0.6) is 11.5 Å². The van der Waals surface area contributed by atoms with Crippen LogP contribution < -0.4 is 10.1 Å². The summed E-state index contributed by atoms with van der Waals surface area (Å²) in [6.45, 7) is 3.67. The van der Waals surface area contributed by atoms with Crippen molar-refractivity contribution in [3.05, 3.63) is 56.6 Å². The maximum atomic E-state index is 6.25. The van der Waals surface area contributed by atoms with E-state index in [0.717, 1.165) is 32.2 Å². The fraction of sp³-hybridized carbons (Fsp3) is 0.200. The average Bonchev–Trinajstić information content (AvgIpc) is 2.41. The molecule has 2 rings (SSSR count). The maximum absolute atomic E-state index is 6.25.